The molecule has 2 aromatic carbocycles. The fourth-order valence-electron chi connectivity index (χ4n) is 9.17. The second-order valence-electron chi connectivity index (χ2n) is 15.8. The topological polar surface area (TPSA) is 114 Å². The molecule has 1 aliphatic carbocycles. The molecule has 2 N–H and O–H groups in total. The number of aromatic amines is 1. The highest BCUT2D eigenvalue weighted by molar-refractivity contribution is 6.06. The first-order valence-corrected chi connectivity index (χ1v) is 18.2. The maximum absolute atomic E-state index is 14.1. The van der Waals surface area contributed by atoms with Crippen molar-refractivity contribution in [1.29, 1.82) is 0 Å². The minimum atomic E-state index is -4.58. The highest BCUT2D eigenvalue weighted by atomic mass is 19.4. The Kier molecular flexibility index (Phi) is 7.57. The summed E-state index contributed by atoms with van der Waals surface area (Å²) in [5.74, 6) is 1.30. The Labute approximate surface area is 299 Å². The van der Waals surface area contributed by atoms with Gasteiger partial charge in [-0.3, -0.25) is 14.8 Å². The lowest BCUT2D eigenvalue weighted by Gasteiger charge is -2.54. The summed E-state index contributed by atoms with van der Waals surface area (Å²) in [6.45, 7) is 8.67. The number of aliphatic hydroxyl groups excluding tert-OH is 1. The van der Waals surface area contributed by atoms with Crippen LogP contribution in [0.5, 0.6) is 5.75 Å². The number of carbonyl (C=O) groups excluding carboxylic acids is 1. The number of anilines is 2. The zero-order chi connectivity index (χ0) is 36.2. The van der Waals surface area contributed by atoms with E-state index in [1.807, 2.05) is 35.9 Å². The van der Waals surface area contributed by atoms with Crippen molar-refractivity contribution < 1.29 is 27.8 Å². The van der Waals surface area contributed by atoms with Crippen LogP contribution in [-0.4, -0.2) is 118 Å². The van der Waals surface area contributed by atoms with Gasteiger partial charge < -0.3 is 24.5 Å². The van der Waals surface area contributed by atoms with Gasteiger partial charge in [-0.05, 0) is 86.9 Å². The second kappa shape index (κ2) is 11.8. The third-order valence-corrected chi connectivity index (χ3v) is 12.4. The van der Waals surface area contributed by atoms with Crippen molar-refractivity contribution in [2.24, 2.45) is 5.41 Å². The number of ether oxygens (including phenoxy) is 1. The Morgan fingerprint density at radius 3 is 2.46 bits per heavy atom. The molecule has 274 valence electrons. The Balaban J connectivity index is 1.21. The molecular formula is C38H43F3N8O3. The van der Waals surface area contributed by atoms with E-state index < -0.39 is 24.4 Å². The van der Waals surface area contributed by atoms with E-state index in [2.05, 4.69) is 32.6 Å². The van der Waals surface area contributed by atoms with Gasteiger partial charge in [0.15, 0.2) is 12.4 Å². The summed E-state index contributed by atoms with van der Waals surface area (Å²) in [6.07, 6.45) is 2.24. The quantitative estimate of drug-likeness (QED) is 0.250. The Hall–Kier alpha value is -4.43. The van der Waals surface area contributed by atoms with Crippen molar-refractivity contribution in [2.45, 2.75) is 62.8 Å². The summed E-state index contributed by atoms with van der Waals surface area (Å²) < 4.78 is 48.2. The number of amides is 1. The zero-order valence-corrected chi connectivity index (χ0v) is 29.5. The van der Waals surface area contributed by atoms with Crippen LogP contribution in [0.3, 0.4) is 0 Å². The van der Waals surface area contributed by atoms with Gasteiger partial charge in [0.25, 0.3) is 0 Å². The smallest absolute Gasteiger partial charge is 0.422 e. The first-order valence-electron chi connectivity index (χ1n) is 18.2. The monoisotopic (exact) mass is 716 g/mol. The zero-order valence-electron chi connectivity index (χ0n) is 29.5. The first kappa shape index (κ1) is 33.4. The van der Waals surface area contributed by atoms with Gasteiger partial charge in [-0.15, -0.1) is 0 Å². The number of piperidine rings is 1. The lowest BCUT2D eigenvalue weighted by atomic mass is 9.72. The Morgan fingerprint density at radius 2 is 1.81 bits per heavy atom. The lowest BCUT2D eigenvalue weighted by molar-refractivity contribution is -0.153. The number of alkyl halides is 3. The minimum Gasteiger partial charge on any atom is -0.481 e. The summed E-state index contributed by atoms with van der Waals surface area (Å²) in [5, 5.41) is 19.7. The Bertz CT molecular complexity index is 2080. The molecule has 1 atom stereocenters. The molecule has 14 heteroatoms. The van der Waals surface area contributed by atoms with Gasteiger partial charge >= 0.3 is 6.18 Å². The first-order chi connectivity index (χ1) is 24.9. The van der Waals surface area contributed by atoms with Crippen LogP contribution in [0.4, 0.5) is 24.9 Å². The van der Waals surface area contributed by atoms with Crippen LogP contribution in [0.25, 0.3) is 32.9 Å². The number of halogens is 3. The summed E-state index contributed by atoms with van der Waals surface area (Å²) in [7, 11) is 2.02. The van der Waals surface area contributed by atoms with Gasteiger partial charge in [-0.2, -0.15) is 23.3 Å². The van der Waals surface area contributed by atoms with Crippen LogP contribution < -0.4 is 14.5 Å². The summed E-state index contributed by atoms with van der Waals surface area (Å²) in [6, 6.07) is 5.99. The van der Waals surface area contributed by atoms with Crippen LogP contribution in [0, 0.1) is 12.3 Å². The number of nitrogens with one attached hydrogen (secondary N) is 1. The molecule has 9 rings (SSSR count). The molecule has 5 aliphatic rings. The average molecular weight is 717 g/mol. The summed E-state index contributed by atoms with van der Waals surface area (Å²) >= 11 is 0. The predicted octanol–water partition coefficient (Wildman–Crippen LogP) is 5.17. The van der Waals surface area contributed by atoms with Crippen molar-refractivity contribution in [1.82, 2.24) is 30.0 Å². The fraction of sp³-hybridized carbons (Fsp3) is 0.526. The van der Waals surface area contributed by atoms with Crippen LogP contribution >= 0.6 is 0 Å². The fourth-order valence-corrected chi connectivity index (χ4v) is 9.17. The number of likely N-dealkylation sites (N-methyl/N-ethyl adjacent to an activating group) is 1. The minimum absolute atomic E-state index is 0.0298. The molecule has 52 heavy (non-hydrogen) atoms. The van der Waals surface area contributed by atoms with Gasteiger partial charge in [0.1, 0.15) is 11.3 Å². The van der Waals surface area contributed by atoms with E-state index >= 15 is 0 Å². The number of hydrogen-bond acceptors (Lipinski definition) is 9. The molecule has 5 fully saturated rings. The molecule has 11 nitrogen and oxygen atoms in total. The maximum atomic E-state index is 14.1. The van der Waals surface area contributed by atoms with E-state index in [-0.39, 0.29) is 23.0 Å². The van der Waals surface area contributed by atoms with E-state index in [4.69, 9.17) is 14.7 Å². The standard InChI is InChI=1S/C38H43F3N8O3/c1-4-29(51)48-17-36(18-48)10-13-47(14-11-36)34-25-15-24(23-6-7-23)31(30-22(2)5-8-27-26(30)16-42-45-27)33(52-21-38(39,40)41)32(25)43-35(44-34)49-19-37(20-49)28(50)9-12-46(37)3/h4-5,8,15-16,23,28,50H,1,6-7,9-14,17-21H2,2-3H3,(H,42,45)/t28-/m1/s1. The highest BCUT2D eigenvalue weighted by Crippen LogP contribution is 2.54. The van der Waals surface area contributed by atoms with Crippen molar-refractivity contribution in [3.63, 3.8) is 0 Å². The van der Waals surface area contributed by atoms with Gasteiger partial charge in [-0.1, -0.05) is 12.6 Å². The molecule has 6 heterocycles. The number of aliphatic hydroxyl groups is 1. The van der Waals surface area contributed by atoms with Crippen molar-refractivity contribution in [3.8, 4) is 16.9 Å². The van der Waals surface area contributed by atoms with Crippen molar-refractivity contribution in [2.75, 3.05) is 69.3 Å². The summed E-state index contributed by atoms with van der Waals surface area (Å²) in [5.41, 5.74) is 3.99. The molecule has 0 bridgehead atoms. The maximum Gasteiger partial charge on any atom is 0.422 e. The summed E-state index contributed by atoms with van der Waals surface area (Å²) in [4.78, 5) is 30.8. The number of aryl methyl sites for hydroxylation is 1. The van der Waals surface area contributed by atoms with E-state index in [1.165, 1.54) is 6.08 Å². The predicted molar refractivity (Wildman–Crippen MR) is 192 cm³/mol. The van der Waals surface area contributed by atoms with E-state index in [1.54, 1.807) is 6.20 Å². The van der Waals surface area contributed by atoms with Crippen LogP contribution in [0.2, 0.25) is 0 Å². The normalized spacial score (nSPS) is 22.7. The largest absolute Gasteiger partial charge is 0.481 e. The molecule has 1 saturated carbocycles. The van der Waals surface area contributed by atoms with Gasteiger partial charge in [0.2, 0.25) is 11.9 Å². The van der Waals surface area contributed by atoms with E-state index in [0.29, 0.717) is 73.9 Å². The number of benzene rings is 2. The third kappa shape index (κ3) is 5.31. The van der Waals surface area contributed by atoms with Crippen molar-refractivity contribution >= 4 is 39.5 Å². The number of fused-ring (bicyclic) bond motifs is 2. The molecular weight excluding hydrogens is 673 g/mol. The molecule has 2 spiro atoms. The molecule has 0 unspecified atom stereocenters. The average Bonchev–Trinajstić information content (AvgIpc) is 3.75. The van der Waals surface area contributed by atoms with Gasteiger partial charge in [0, 0.05) is 67.6 Å². The molecule has 2 aromatic heterocycles. The van der Waals surface area contributed by atoms with Gasteiger partial charge in [0.05, 0.1) is 23.4 Å². The van der Waals surface area contributed by atoms with E-state index in [0.717, 1.165) is 59.8 Å². The number of aromatic nitrogens is 4. The second-order valence-corrected chi connectivity index (χ2v) is 15.8. The van der Waals surface area contributed by atoms with Crippen molar-refractivity contribution in [3.05, 3.63) is 48.2 Å². The number of carbonyl (C=O) groups is 1. The Morgan fingerprint density at radius 1 is 1.06 bits per heavy atom. The molecule has 4 aliphatic heterocycles. The SMILES string of the molecule is C=CC(=O)N1CC2(CCN(c3nc(N4CC5(C4)[C@H](O)CCN5C)nc4c(OCC(F)(F)F)c(-c5c(C)ccc6[nH]ncc56)c(C5CC5)cc34)CC2)C1. The number of nitrogens with zero attached hydrogens (tertiary/aromatic N) is 7. The molecule has 4 saturated heterocycles. The molecule has 0 radical (unpaired) electrons. The van der Waals surface area contributed by atoms with Crippen LogP contribution in [0.1, 0.15) is 49.1 Å². The number of likely N-dealkylation sites (tertiary alicyclic amines) is 2. The highest BCUT2D eigenvalue weighted by Gasteiger charge is 2.55. The van der Waals surface area contributed by atoms with E-state index in [9.17, 15) is 23.1 Å². The number of rotatable bonds is 7. The molecule has 1 amide bonds. The third-order valence-electron chi connectivity index (χ3n) is 12.4. The number of H-pyrrole nitrogens is 1. The van der Waals surface area contributed by atoms with Crippen LogP contribution in [0.15, 0.2) is 37.1 Å². The number of hydrogen-bond donors (Lipinski definition) is 2. The lowest BCUT2D eigenvalue weighted by Crippen LogP contribution is -2.71. The van der Waals surface area contributed by atoms with Crippen LogP contribution in [-0.2, 0) is 4.79 Å². The van der Waals surface area contributed by atoms with Gasteiger partial charge in [-0.25, -0.2) is 4.98 Å². The molecule has 4 aromatic rings.